The van der Waals surface area contributed by atoms with Crippen LogP contribution in [0.5, 0.6) is 0 Å². The van der Waals surface area contributed by atoms with Gasteiger partial charge >= 0.3 is 6.03 Å². The molecule has 1 atom stereocenters. The molecule has 0 saturated carbocycles. The van der Waals surface area contributed by atoms with Gasteiger partial charge in [-0.05, 0) is 25.0 Å². The van der Waals surface area contributed by atoms with E-state index < -0.39 is 23.6 Å². The fourth-order valence-electron chi connectivity index (χ4n) is 2.21. The molecule has 1 heterocycles. The zero-order valence-electron chi connectivity index (χ0n) is 10.7. The Morgan fingerprint density at radius 3 is 2.70 bits per heavy atom. The molecule has 108 valence electrons. The van der Waals surface area contributed by atoms with Gasteiger partial charge in [-0.25, -0.2) is 13.6 Å². The minimum atomic E-state index is -1.02. The second-order valence-electron chi connectivity index (χ2n) is 4.74. The molecule has 0 bridgehead atoms. The fraction of sp³-hybridized carbons (Fsp3) is 0.385. The minimum Gasteiger partial charge on any atom is -0.351 e. The monoisotopic (exact) mass is 283 g/mol. The van der Waals surface area contributed by atoms with Gasteiger partial charge in [-0.2, -0.15) is 0 Å². The van der Waals surface area contributed by atoms with Crippen LogP contribution in [-0.4, -0.2) is 29.9 Å². The third-order valence-corrected chi connectivity index (χ3v) is 3.29. The van der Waals surface area contributed by atoms with Crippen LogP contribution in [0, 0.1) is 17.6 Å². The lowest BCUT2D eigenvalue weighted by Crippen LogP contribution is -2.46. The molecule has 1 fully saturated rings. The zero-order chi connectivity index (χ0) is 14.7. The molecule has 7 heteroatoms. The first-order valence-corrected chi connectivity index (χ1v) is 6.27. The summed E-state index contributed by atoms with van der Waals surface area (Å²) in [6.45, 7) is 0.773. The highest BCUT2D eigenvalue weighted by atomic mass is 19.2. The summed E-state index contributed by atoms with van der Waals surface area (Å²) >= 11 is 0. The number of halogens is 2. The van der Waals surface area contributed by atoms with Crippen LogP contribution in [0.2, 0.25) is 0 Å². The molecule has 20 heavy (non-hydrogen) atoms. The van der Waals surface area contributed by atoms with Crippen LogP contribution in [0.4, 0.5) is 19.3 Å². The number of piperidine rings is 1. The smallest absolute Gasteiger partial charge is 0.314 e. The Labute approximate surface area is 114 Å². The average molecular weight is 283 g/mol. The van der Waals surface area contributed by atoms with Crippen LogP contribution >= 0.6 is 0 Å². The van der Waals surface area contributed by atoms with Crippen molar-refractivity contribution in [3.8, 4) is 0 Å². The lowest BCUT2D eigenvalue weighted by atomic mass is 9.97. The Morgan fingerprint density at radius 1 is 1.30 bits per heavy atom. The van der Waals surface area contributed by atoms with Crippen LogP contribution in [0.25, 0.3) is 0 Å². The highest BCUT2D eigenvalue weighted by molar-refractivity contribution is 5.93. The van der Waals surface area contributed by atoms with E-state index in [0.29, 0.717) is 19.4 Å². The summed E-state index contributed by atoms with van der Waals surface area (Å²) in [4.78, 5) is 24.5. The van der Waals surface area contributed by atoms with Crippen molar-refractivity contribution in [1.82, 2.24) is 4.90 Å². The van der Waals surface area contributed by atoms with Crippen molar-refractivity contribution in [3.63, 3.8) is 0 Å². The van der Waals surface area contributed by atoms with E-state index in [1.165, 1.54) is 11.0 Å². The van der Waals surface area contributed by atoms with Crippen molar-refractivity contribution >= 4 is 17.6 Å². The van der Waals surface area contributed by atoms with Crippen LogP contribution in [0.3, 0.4) is 0 Å². The molecular formula is C13H15F2N3O2. The van der Waals surface area contributed by atoms with E-state index in [0.717, 1.165) is 12.1 Å². The van der Waals surface area contributed by atoms with Crippen LogP contribution < -0.4 is 11.1 Å². The lowest BCUT2D eigenvalue weighted by molar-refractivity contribution is -0.121. The first kappa shape index (κ1) is 14.2. The minimum absolute atomic E-state index is 0.185. The number of carbonyl (C=O) groups is 2. The van der Waals surface area contributed by atoms with Gasteiger partial charge in [-0.1, -0.05) is 0 Å². The number of likely N-dealkylation sites (tertiary alicyclic amines) is 1. The van der Waals surface area contributed by atoms with Gasteiger partial charge in [0.15, 0.2) is 11.6 Å². The summed E-state index contributed by atoms with van der Waals surface area (Å²) in [6.07, 6.45) is 1.30. The number of nitrogens with one attached hydrogen (secondary N) is 1. The van der Waals surface area contributed by atoms with Gasteiger partial charge in [-0.3, -0.25) is 4.79 Å². The number of nitrogens with zero attached hydrogens (tertiary/aromatic N) is 1. The number of hydrogen-bond acceptors (Lipinski definition) is 2. The van der Waals surface area contributed by atoms with E-state index in [2.05, 4.69) is 5.32 Å². The number of anilines is 1. The summed E-state index contributed by atoms with van der Waals surface area (Å²) in [5.74, 6) is -2.72. The van der Waals surface area contributed by atoms with Gasteiger partial charge in [0.25, 0.3) is 0 Å². The van der Waals surface area contributed by atoms with Crippen LogP contribution in [-0.2, 0) is 4.79 Å². The predicted octanol–water partition coefficient (Wildman–Crippen LogP) is 1.69. The molecule has 0 aromatic heterocycles. The Kier molecular flexibility index (Phi) is 4.16. The molecule has 1 aliphatic heterocycles. The lowest BCUT2D eigenvalue weighted by Gasteiger charge is -2.30. The number of urea groups is 1. The van der Waals surface area contributed by atoms with Gasteiger partial charge in [0, 0.05) is 24.8 Å². The molecule has 5 nitrogen and oxygen atoms in total. The molecule has 1 aromatic rings. The zero-order valence-corrected chi connectivity index (χ0v) is 10.7. The van der Waals surface area contributed by atoms with Crippen LogP contribution in [0.1, 0.15) is 12.8 Å². The Bertz CT molecular complexity index is 536. The van der Waals surface area contributed by atoms with Crippen molar-refractivity contribution in [1.29, 1.82) is 0 Å². The first-order valence-electron chi connectivity index (χ1n) is 6.27. The highest BCUT2D eigenvalue weighted by Crippen LogP contribution is 2.19. The third kappa shape index (κ3) is 3.23. The van der Waals surface area contributed by atoms with E-state index in [1.54, 1.807) is 0 Å². The number of primary amides is 1. The topological polar surface area (TPSA) is 75.4 Å². The molecular weight excluding hydrogens is 268 g/mol. The van der Waals surface area contributed by atoms with Gasteiger partial charge in [-0.15, -0.1) is 0 Å². The van der Waals surface area contributed by atoms with E-state index in [1.807, 2.05) is 0 Å². The maximum absolute atomic E-state index is 13.0. The van der Waals surface area contributed by atoms with Crippen molar-refractivity contribution in [2.75, 3.05) is 18.4 Å². The first-order chi connectivity index (χ1) is 9.47. The second-order valence-corrected chi connectivity index (χ2v) is 4.74. The number of benzene rings is 1. The summed E-state index contributed by atoms with van der Waals surface area (Å²) < 4.78 is 25.8. The normalized spacial score (nSPS) is 18.7. The predicted molar refractivity (Wildman–Crippen MR) is 68.9 cm³/mol. The maximum atomic E-state index is 13.0. The van der Waals surface area contributed by atoms with Crippen molar-refractivity contribution < 1.29 is 18.4 Å². The summed E-state index contributed by atoms with van der Waals surface area (Å²) in [5.41, 5.74) is 5.37. The Balaban J connectivity index is 2.00. The maximum Gasteiger partial charge on any atom is 0.314 e. The number of nitrogens with two attached hydrogens (primary N) is 1. The van der Waals surface area contributed by atoms with Crippen molar-refractivity contribution in [2.45, 2.75) is 12.8 Å². The van der Waals surface area contributed by atoms with Gasteiger partial charge < -0.3 is 16.0 Å². The Hall–Kier alpha value is -2.18. The molecule has 2 rings (SSSR count). The second kappa shape index (κ2) is 5.85. The number of amides is 3. The molecule has 1 aromatic carbocycles. The number of hydrogen-bond donors (Lipinski definition) is 2. The molecule has 0 spiro atoms. The van der Waals surface area contributed by atoms with Crippen molar-refractivity contribution in [3.05, 3.63) is 29.8 Å². The van der Waals surface area contributed by atoms with Gasteiger partial charge in [0.2, 0.25) is 5.91 Å². The summed E-state index contributed by atoms with van der Waals surface area (Å²) in [5, 5.41) is 2.51. The van der Waals surface area contributed by atoms with Gasteiger partial charge in [0.1, 0.15) is 0 Å². The summed E-state index contributed by atoms with van der Waals surface area (Å²) in [7, 11) is 0. The van der Waals surface area contributed by atoms with E-state index >= 15 is 0 Å². The largest absolute Gasteiger partial charge is 0.351 e. The SMILES string of the molecule is NC(=O)N1CCC[C@@H](C(=O)Nc2ccc(F)c(F)c2)C1. The molecule has 1 saturated heterocycles. The molecule has 3 amide bonds. The van der Waals surface area contributed by atoms with Crippen molar-refractivity contribution in [2.24, 2.45) is 11.7 Å². The van der Waals surface area contributed by atoms with E-state index in [4.69, 9.17) is 5.73 Å². The molecule has 0 aliphatic carbocycles. The van der Waals surface area contributed by atoms with E-state index in [9.17, 15) is 18.4 Å². The average Bonchev–Trinajstić information content (AvgIpc) is 2.43. The van der Waals surface area contributed by atoms with E-state index in [-0.39, 0.29) is 18.1 Å². The molecule has 3 N–H and O–H groups in total. The highest BCUT2D eigenvalue weighted by Gasteiger charge is 2.27. The molecule has 0 radical (unpaired) electrons. The van der Waals surface area contributed by atoms with Crippen LogP contribution in [0.15, 0.2) is 18.2 Å². The summed E-state index contributed by atoms with van der Waals surface area (Å²) in [6, 6.07) is 2.59. The molecule has 0 unspecified atom stereocenters. The standard InChI is InChI=1S/C13H15F2N3O2/c14-10-4-3-9(6-11(10)15)17-12(19)8-2-1-5-18(7-8)13(16)20/h3-4,6,8H,1-2,5,7H2,(H2,16,20)(H,17,19)/t8-/m1/s1. The fourth-order valence-corrected chi connectivity index (χ4v) is 2.21. The quantitative estimate of drug-likeness (QED) is 0.866. The van der Waals surface area contributed by atoms with Gasteiger partial charge in [0.05, 0.1) is 5.92 Å². The third-order valence-electron chi connectivity index (χ3n) is 3.29. The number of carbonyl (C=O) groups excluding carboxylic acids is 2. The molecule has 1 aliphatic rings. The number of rotatable bonds is 2. The Morgan fingerprint density at radius 2 is 2.05 bits per heavy atom.